The van der Waals surface area contributed by atoms with Gasteiger partial charge in [-0.1, -0.05) is 6.07 Å². The highest BCUT2D eigenvalue weighted by Gasteiger charge is 2.12. The maximum atomic E-state index is 12.0. The first-order valence-corrected chi connectivity index (χ1v) is 5.85. The average molecular weight is 257 g/mol. The van der Waals surface area contributed by atoms with Crippen molar-refractivity contribution in [2.45, 2.75) is 13.0 Å². The van der Waals surface area contributed by atoms with E-state index in [0.29, 0.717) is 11.4 Å². The fraction of sp³-hybridized carbons (Fsp3) is 0.154. The molecule has 0 radical (unpaired) electrons. The largest absolute Gasteiger partial charge is 0.344 e. The Morgan fingerprint density at radius 3 is 2.68 bits per heavy atom. The van der Waals surface area contributed by atoms with Gasteiger partial charge in [0.15, 0.2) is 0 Å². The molecule has 2 aromatic rings. The van der Waals surface area contributed by atoms with Crippen molar-refractivity contribution in [2.75, 3.05) is 5.43 Å². The SMILES string of the molecule is CC(NC(=O)c1ccc(NN)nc1)c1ccccn1. The number of hydrogen-bond acceptors (Lipinski definition) is 5. The van der Waals surface area contributed by atoms with E-state index in [4.69, 9.17) is 5.84 Å². The first-order valence-electron chi connectivity index (χ1n) is 5.85. The van der Waals surface area contributed by atoms with Crippen molar-refractivity contribution >= 4 is 11.7 Å². The van der Waals surface area contributed by atoms with Crippen LogP contribution in [0.25, 0.3) is 0 Å². The van der Waals surface area contributed by atoms with E-state index in [1.165, 1.54) is 6.20 Å². The summed E-state index contributed by atoms with van der Waals surface area (Å²) in [5.74, 6) is 5.52. The Kier molecular flexibility index (Phi) is 4.04. The second-order valence-corrected chi connectivity index (χ2v) is 4.03. The van der Waals surface area contributed by atoms with Crippen molar-refractivity contribution in [3.05, 3.63) is 54.0 Å². The third kappa shape index (κ3) is 3.26. The van der Waals surface area contributed by atoms with Crippen LogP contribution in [0.5, 0.6) is 0 Å². The van der Waals surface area contributed by atoms with Gasteiger partial charge in [-0.15, -0.1) is 0 Å². The van der Waals surface area contributed by atoms with Gasteiger partial charge in [0.1, 0.15) is 5.82 Å². The molecular formula is C13H15N5O. The molecule has 0 spiro atoms. The number of hydrogen-bond donors (Lipinski definition) is 3. The zero-order valence-corrected chi connectivity index (χ0v) is 10.5. The van der Waals surface area contributed by atoms with Crippen LogP contribution in [0.1, 0.15) is 29.0 Å². The first kappa shape index (κ1) is 13.0. The predicted molar refractivity (Wildman–Crippen MR) is 72.2 cm³/mol. The topological polar surface area (TPSA) is 92.9 Å². The van der Waals surface area contributed by atoms with Crippen LogP contribution in [0.3, 0.4) is 0 Å². The minimum absolute atomic E-state index is 0.166. The van der Waals surface area contributed by atoms with Gasteiger partial charge in [-0.3, -0.25) is 9.78 Å². The number of nitrogens with zero attached hydrogens (tertiary/aromatic N) is 2. The zero-order chi connectivity index (χ0) is 13.7. The summed E-state index contributed by atoms with van der Waals surface area (Å²) in [6.07, 6.45) is 3.16. The van der Waals surface area contributed by atoms with Crippen LogP contribution in [-0.4, -0.2) is 15.9 Å². The Labute approximate surface area is 111 Å². The molecule has 0 aromatic carbocycles. The molecule has 2 rings (SSSR count). The van der Waals surface area contributed by atoms with E-state index in [1.807, 2.05) is 25.1 Å². The lowest BCUT2D eigenvalue weighted by molar-refractivity contribution is 0.0939. The van der Waals surface area contributed by atoms with Crippen LogP contribution >= 0.6 is 0 Å². The third-order valence-electron chi connectivity index (χ3n) is 2.65. The molecular weight excluding hydrogens is 242 g/mol. The van der Waals surface area contributed by atoms with E-state index >= 15 is 0 Å². The van der Waals surface area contributed by atoms with Crippen molar-refractivity contribution in [3.63, 3.8) is 0 Å². The minimum Gasteiger partial charge on any atom is -0.344 e. The van der Waals surface area contributed by atoms with Gasteiger partial charge in [0.25, 0.3) is 5.91 Å². The summed E-state index contributed by atoms with van der Waals surface area (Å²) in [6, 6.07) is 8.71. The molecule has 6 heteroatoms. The van der Waals surface area contributed by atoms with E-state index in [-0.39, 0.29) is 11.9 Å². The standard InChI is InChI=1S/C13H15N5O/c1-9(11-4-2-3-7-15-11)17-13(19)10-5-6-12(18-14)16-8-10/h2-9H,14H2,1H3,(H,16,18)(H,17,19). The molecule has 19 heavy (non-hydrogen) atoms. The van der Waals surface area contributed by atoms with Gasteiger partial charge in [-0.25, -0.2) is 10.8 Å². The number of nitrogens with two attached hydrogens (primary N) is 1. The molecule has 4 N–H and O–H groups in total. The number of nitrogens with one attached hydrogen (secondary N) is 2. The maximum Gasteiger partial charge on any atom is 0.253 e. The molecule has 1 amide bonds. The monoisotopic (exact) mass is 257 g/mol. The highest BCUT2D eigenvalue weighted by Crippen LogP contribution is 2.10. The molecule has 2 heterocycles. The number of nitrogen functional groups attached to an aromatic ring is 1. The number of aromatic nitrogens is 2. The number of amides is 1. The molecule has 0 bridgehead atoms. The van der Waals surface area contributed by atoms with Crippen molar-refractivity contribution in [3.8, 4) is 0 Å². The summed E-state index contributed by atoms with van der Waals surface area (Å²) in [4.78, 5) is 20.2. The van der Waals surface area contributed by atoms with Gasteiger partial charge in [0.05, 0.1) is 17.3 Å². The molecule has 2 aromatic heterocycles. The third-order valence-corrected chi connectivity index (χ3v) is 2.65. The fourth-order valence-corrected chi connectivity index (χ4v) is 1.60. The van der Waals surface area contributed by atoms with E-state index in [2.05, 4.69) is 20.7 Å². The van der Waals surface area contributed by atoms with Gasteiger partial charge in [0.2, 0.25) is 0 Å². The maximum absolute atomic E-state index is 12.0. The quantitative estimate of drug-likeness (QED) is 0.566. The van der Waals surface area contributed by atoms with Crippen LogP contribution in [0, 0.1) is 0 Å². The lowest BCUT2D eigenvalue weighted by Gasteiger charge is -2.13. The second kappa shape index (κ2) is 5.92. The number of anilines is 1. The average Bonchev–Trinajstić information content (AvgIpc) is 2.48. The summed E-state index contributed by atoms with van der Waals surface area (Å²) in [5.41, 5.74) is 3.69. The molecule has 0 saturated carbocycles. The molecule has 1 atom stereocenters. The van der Waals surface area contributed by atoms with Crippen LogP contribution in [0.2, 0.25) is 0 Å². The molecule has 0 fully saturated rings. The molecule has 98 valence electrons. The smallest absolute Gasteiger partial charge is 0.253 e. The molecule has 0 aliphatic heterocycles. The van der Waals surface area contributed by atoms with Crippen LogP contribution in [-0.2, 0) is 0 Å². The molecule has 0 aliphatic carbocycles. The lowest BCUT2D eigenvalue weighted by atomic mass is 10.2. The fourth-order valence-electron chi connectivity index (χ4n) is 1.60. The number of pyridine rings is 2. The van der Waals surface area contributed by atoms with E-state index in [9.17, 15) is 4.79 Å². The number of carbonyl (C=O) groups is 1. The molecule has 1 unspecified atom stereocenters. The van der Waals surface area contributed by atoms with E-state index in [0.717, 1.165) is 5.69 Å². The van der Waals surface area contributed by atoms with Gasteiger partial charge in [-0.05, 0) is 31.2 Å². The van der Waals surface area contributed by atoms with Gasteiger partial charge < -0.3 is 10.7 Å². The van der Waals surface area contributed by atoms with Crippen LogP contribution in [0.15, 0.2) is 42.7 Å². The summed E-state index contributed by atoms with van der Waals surface area (Å²) < 4.78 is 0. The lowest BCUT2D eigenvalue weighted by Crippen LogP contribution is -2.27. The van der Waals surface area contributed by atoms with E-state index < -0.39 is 0 Å². The van der Waals surface area contributed by atoms with E-state index in [1.54, 1.807) is 18.3 Å². The van der Waals surface area contributed by atoms with Crippen molar-refractivity contribution in [2.24, 2.45) is 5.84 Å². The Bertz CT molecular complexity index is 541. The molecule has 6 nitrogen and oxygen atoms in total. The predicted octanol–water partition coefficient (Wildman–Crippen LogP) is 1.25. The summed E-state index contributed by atoms with van der Waals surface area (Å²) in [7, 11) is 0. The van der Waals surface area contributed by atoms with Crippen molar-refractivity contribution in [1.29, 1.82) is 0 Å². The van der Waals surface area contributed by atoms with Gasteiger partial charge >= 0.3 is 0 Å². The summed E-state index contributed by atoms with van der Waals surface area (Å²) in [6.45, 7) is 1.88. The highest BCUT2D eigenvalue weighted by molar-refractivity contribution is 5.94. The van der Waals surface area contributed by atoms with Crippen molar-refractivity contribution < 1.29 is 4.79 Å². The van der Waals surface area contributed by atoms with Crippen LogP contribution < -0.4 is 16.6 Å². The Balaban J connectivity index is 2.04. The Morgan fingerprint density at radius 2 is 2.11 bits per heavy atom. The normalized spacial score (nSPS) is 11.7. The number of carbonyl (C=O) groups excluding carboxylic acids is 1. The van der Waals surface area contributed by atoms with Gasteiger partial charge in [0, 0.05) is 12.4 Å². The molecule has 0 aliphatic rings. The summed E-state index contributed by atoms with van der Waals surface area (Å²) >= 11 is 0. The van der Waals surface area contributed by atoms with Crippen LogP contribution in [0.4, 0.5) is 5.82 Å². The first-order chi connectivity index (χ1) is 9.20. The molecule has 0 saturated heterocycles. The minimum atomic E-state index is -0.200. The Morgan fingerprint density at radius 1 is 1.26 bits per heavy atom. The number of hydrazine groups is 1. The van der Waals surface area contributed by atoms with Gasteiger partial charge in [-0.2, -0.15) is 0 Å². The van der Waals surface area contributed by atoms with Crippen molar-refractivity contribution in [1.82, 2.24) is 15.3 Å². The zero-order valence-electron chi connectivity index (χ0n) is 10.5. The second-order valence-electron chi connectivity index (χ2n) is 4.03. The highest BCUT2D eigenvalue weighted by atomic mass is 16.1. The number of rotatable bonds is 4. The summed E-state index contributed by atoms with van der Waals surface area (Å²) in [5, 5.41) is 2.86. The Hall–Kier alpha value is -2.47.